The number of rotatable bonds is 7. The van der Waals surface area contributed by atoms with Gasteiger partial charge in [0.05, 0.1) is 31.0 Å². The van der Waals surface area contributed by atoms with Crippen molar-refractivity contribution in [2.24, 2.45) is 5.41 Å². The normalized spacial score (nSPS) is 21.6. The minimum atomic E-state index is -1.28. The number of aromatic hydroxyl groups is 1. The van der Waals surface area contributed by atoms with Gasteiger partial charge in [0.2, 0.25) is 0 Å². The summed E-state index contributed by atoms with van der Waals surface area (Å²) < 4.78 is 21.2. The number of halogens is 2. The Morgan fingerprint density at radius 3 is 2.77 bits per heavy atom. The van der Waals surface area contributed by atoms with E-state index in [9.17, 15) is 19.4 Å². The van der Waals surface area contributed by atoms with Gasteiger partial charge in [-0.3, -0.25) is 4.79 Å². The van der Waals surface area contributed by atoms with E-state index in [2.05, 4.69) is 27.5 Å². The number of phenolic OH excluding ortho intramolecular Hbond substituents is 1. The van der Waals surface area contributed by atoms with Crippen LogP contribution in [0.3, 0.4) is 0 Å². The number of carbonyl (C=O) groups is 1. The molecule has 2 aromatic carbocycles. The number of anilines is 1. The number of fused-ring (bicyclic) bond motifs is 2. The van der Waals surface area contributed by atoms with Gasteiger partial charge in [-0.05, 0) is 79.5 Å². The molecule has 6 rings (SSSR count). The maximum atomic E-state index is 14.1. The largest absolute Gasteiger partial charge is 0.508 e. The lowest BCUT2D eigenvalue weighted by Crippen LogP contribution is -2.45. The molecule has 2 aliphatic heterocycles. The highest BCUT2D eigenvalue weighted by molar-refractivity contribution is 14.1. The minimum absolute atomic E-state index is 0.0283. The second kappa shape index (κ2) is 10.6. The van der Waals surface area contributed by atoms with Crippen LogP contribution >= 0.6 is 22.6 Å². The number of hydrogen-bond donors (Lipinski definition) is 2. The van der Waals surface area contributed by atoms with Crippen molar-refractivity contribution in [1.82, 2.24) is 19.8 Å². The Morgan fingerprint density at radius 1 is 1.25 bits per heavy atom. The molecule has 0 spiro atoms. The minimum Gasteiger partial charge on any atom is -0.508 e. The van der Waals surface area contributed by atoms with E-state index >= 15 is 0 Å². The van der Waals surface area contributed by atoms with Gasteiger partial charge in [0.25, 0.3) is 5.91 Å². The summed E-state index contributed by atoms with van der Waals surface area (Å²) in [6.45, 7) is 2.44. The Bertz CT molecular complexity index is 1470. The molecule has 3 aliphatic rings. The average Bonchev–Trinajstić information content (AvgIpc) is 3.53. The van der Waals surface area contributed by atoms with Crippen LogP contribution in [0.5, 0.6) is 11.8 Å². The molecule has 1 saturated heterocycles. The number of aromatic nitrogens is 2. The molecule has 0 bridgehead atoms. The molecule has 2 atom stereocenters. The first kappa shape index (κ1) is 27.4. The van der Waals surface area contributed by atoms with Crippen molar-refractivity contribution in [3.05, 3.63) is 50.7 Å². The van der Waals surface area contributed by atoms with E-state index in [1.165, 1.54) is 6.07 Å². The third-order valence-electron chi connectivity index (χ3n) is 8.08. The molecule has 3 heterocycles. The zero-order valence-electron chi connectivity index (χ0n) is 22.6. The average molecular weight is 662 g/mol. The number of aliphatic hydroxyl groups is 1. The fourth-order valence-electron chi connectivity index (χ4n) is 5.90. The van der Waals surface area contributed by atoms with Crippen molar-refractivity contribution < 1.29 is 24.1 Å². The molecular formula is C29H33FIN5O4. The zero-order valence-corrected chi connectivity index (χ0v) is 24.8. The molecule has 2 N–H and O–H groups in total. The van der Waals surface area contributed by atoms with Gasteiger partial charge < -0.3 is 29.6 Å². The van der Waals surface area contributed by atoms with Crippen LogP contribution in [0.1, 0.15) is 40.9 Å². The first-order valence-electron chi connectivity index (χ1n) is 13.6. The number of β-amino-alcohol motifs (C(OH)–C–C–N with tert-alkyl or cyclic N) is 1. The van der Waals surface area contributed by atoms with Crippen LogP contribution in [-0.4, -0.2) is 88.5 Å². The Morgan fingerprint density at radius 2 is 2.05 bits per heavy atom. The Balaban J connectivity index is 1.32. The number of nitrogens with zero attached hydrogens (tertiary/aromatic N) is 5. The van der Waals surface area contributed by atoms with E-state index < -0.39 is 12.3 Å². The maximum Gasteiger partial charge on any atom is 0.318 e. The predicted molar refractivity (Wildman–Crippen MR) is 157 cm³/mol. The summed E-state index contributed by atoms with van der Waals surface area (Å²) in [4.78, 5) is 29.1. The van der Waals surface area contributed by atoms with Gasteiger partial charge in [-0.25, -0.2) is 4.39 Å². The van der Waals surface area contributed by atoms with E-state index in [1.54, 1.807) is 11.0 Å². The quantitative estimate of drug-likeness (QED) is 0.370. The van der Waals surface area contributed by atoms with Crippen molar-refractivity contribution in [2.45, 2.75) is 44.6 Å². The Labute approximate surface area is 246 Å². The number of benzene rings is 2. The molecule has 1 aromatic heterocycles. The van der Waals surface area contributed by atoms with Crippen molar-refractivity contribution >= 4 is 45.1 Å². The van der Waals surface area contributed by atoms with Crippen LogP contribution in [-0.2, 0) is 13.1 Å². The second-order valence-electron chi connectivity index (χ2n) is 11.6. The Hall–Kier alpha value is -2.77. The van der Waals surface area contributed by atoms with E-state index in [4.69, 9.17) is 14.7 Å². The molecule has 1 aliphatic carbocycles. The van der Waals surface area contributed by atoms with Crippen LogP contribution in [0.25, 0.3) is 10.8 Å². The van der Waals surface area contributed by atoms with Gasteiger partial charge in [0, 0.05) is 39.6 Å². The fourth-order valence-corrected chi connectivity index (χ4v) is 6.71. The summed E-state index contributed by atoms with van der Waals surface area (Å²) in [7, 11) is 4.10. The molecule has 1 amide bonds. The lowest BCUT2D eigenvalue weighted by atomic mass is 10.0. The van der Waals surface area contributed by atoms with Crippen molar-refractivity contribution in [3.63, 3.8) is 0 Å². The Kier molecular flexibility index (Phi) is 7.24. The topological polar surface area (TPSA) is 102 Å². The van der Waals surface area contributed by atoms with Gasteiger partial charge in [-0.1, -0.05) is 12.1 Å². The molecule has 9 nitrogen and oxygen atoms in total. The van der Waals surface area contributed by atoms with Gasteiger partial charge in [-0.2, -0.15) is 9.97 Å². The summed E-state index contributed by atoms with van der Waals surface area (Å²) in [5, 5.41) is 22.2. The van der Waals surface area contributed by atoms with Crippen LogP contribution < -0.4 is 9.64 Å². The van der Waals surface area contributed by atoms with Gasteiger partial charge >= 0.3 is 6.01 Å². The molecular weight excluding hydrogens is 628 g/mol. The summed E-state index contributed by atoms with van der Waals surface area (Å²) in [6.07, 6.45) is -0.0324. The molecule has 0 unspecified atom stereocenters. The molecule has 11 heteroatoms. The van der Waals surface area contributed by atoms with E-state index in [0.717, 1.165) is 39.3 Å². The van der Waals surface area contributed by atoms with Crippen molar-refractivity contribution in [3.8, 4) is 11.8 Å². The maximum absolute atomic E-state index is 14.1. The SMILES string of the molecule is CN(C)CC1(COc2nc3c(c(N4CC[C@@H](F)[C@H](O)C4)n2)CN(C(=O)c2cc(O)cc4cccc(I)c24)C3)CC1. The van der Waals surface area contributed by atoms with Crippen LogP contribution in [0.2, 0.25) is 0 Å². The van der Waals surface area contributed by atoms with Crippen LogP contribution in [0.15, 0.2) is 30.3 Å². The summed E-state index contributed by atoms with van der Waals surface area (Å²) in [5.74, 6) is 0.386. The highest BCUT2D eigenvalue weighted by atomic mass is 127. The second-order valence-corrected chi connectivity index (χ2v) is 12.8. The molecule has 212 valence electrons. The third kappa shape index (κ3) is 5.30. The highest BCUT2D eigenvalue weighted by Gasteiger charge is 2.44. The monoisotopic (exact) mass is 661 g/mol. The number of alkyl halides is 1. The number of carbonyl (C=O) groups excluding carboxylic acids is 1. The lowest BCUT2D eigenvalue weighted by molar-refractivity contribution is 0.0641. The molecule has 2 fully saturated rings. The lowest BCUT2D eigenvalue weighted by Gasteiger charge is -2.34. The van der Waals surface area contributed by atoms with Crippen LogP contribution in [0, 0.1) is 8.99 Å². The van der Waals surface area contributed by atoms with E-state index in [1.807, 2.05) is 37.2 Å². The van der Waals surface area contributed by atoms with E-state index in [0.29, 0.717) is 30.2 Å². The van der Waals surface area contributed by atoms with Gasteiger partial charge in [0.1, 0.15) is 23.8 Å². The van der Waals surface area contributed by atoms with Gasteiger partial charge in [0.15, 0.2) is 0 Å². The number of piperidine rings is 1. The highest BCUT2D eigenvalue weighted by Crippen LogP contribution is 2.46. The first-order valence-corrected chi connectivity index (χ1v) is 14.7. The summed E-state index contributed by atoms with van der Waals surface area (Å²) in [6, 6.07) is 9.12. The number of phenols is 1. The standard InChI is InChI=1S/C29H33FIN5O4/c1-34(2)15-29(7-8-29)16-40-28-32-23-13-36(12-20(23)26(33-28)35-9-6-21(30)24(38)14-35)27(39)19-11-18(37)10-17-4-3-5-22(31)25(17)19/h3-5,10-11,21,24,37-38H,6-9,12-16H2,1-2H3/t21-,24-/m1/s1. The zero-order chi connectivity index (χ0) is 28.2. The van der Waals surface area contributed by atoms with Crippen LogP contribution in [0.4, 0.5) is 10.2 Å². The molecule has 0 radical (unpaired) electrons. The predicted octanol–water partition coefficient (Wildman–Crippen LogP) is 3.73. The third-order valence-corrected chi connectivity index (χ3v) is 8.98. The first-order chi connectivity index (χ1) is 19.1. The van der Waals surface area contributed by atoms with E-state index in [-0.39, 0.29) is 49.1 Å². The molecule has 3 aromatic rings. The smallest absolute Gasteiger partial charge is 0.318 e. The van der Waals surface area contributed by atoms with Gasteiger partial charge in [-0.15, -0.1) is 0 Å². The summed E-state index contributed by atoms with van der Waals surface area (Å²) in [5.41, 5.74) is 1.97. The fraction of sp³-hybridized carbons (Fsp3) is 0.483. The number of ether oxygens (including phenoxy) is 1. The number of amides is 1. The van der Waals surface area contributed by atoms with Crippen molar-refractivity contribution in [1.29, 1.82) is 0 Å². The molecule has 40 heavy (non-hydrogen) atoms. The van der Waals surface area contributed by atoms with Crippen molar-refractivity contribution in [2.75, 3.05) is 45.2 Å². The number of hydrogen-bond acceptors (Lipinski definition) is 8. The summed E-state index contributed by atoms with van der Waals surface area (Å²) >= 11 is 2.21. The number of aliphatic hydroxyl groups excluding tert-OH is 1. The molecule has 1 saturated carbocycles.